The van der Waals surface area contributed by atoms with Crippen LogP contribution in [0.25, 0.3) is 0 Å². The highest BCUT2D eigenvalue weighted by Gasteiger charge is 1.99. The van der Waals surface area contributed by atoms with Crippen LogP contribution in [-0.4, -0.2) is 11.5 Å². The van der Waals surface area contributed by atoms with Crippen LogP contribution in [-0.2, 0) is 11.5 Å². The fraction of sp³-hybridized carbons (Fsp3) is 0.667. The van der Waals surface area contributed by atoms with Crippen molar-refractivity contribution < 1.29 is 0 Å². The number of benzene rings is 1. The van der Waals surface area contributed by atoms with Crippen molar-refractivity contribution in [2.24, 2.45) is 0 Å². The summed E-state index contributed by atoms with van der Waals surface area (Å²) in [6.45, 7) is 0. The quantitative estimate of drug-likeness (QED) is 0.552. The van der Waals surface area contributed by atoms with Gasteiger partial charge in [-0.15, -0.1) is 0 Å². The molecule has 1 aromatic carbocycles. The summed E-state index contributed by atoms with van der Waals surface area (Å²) in [5.41, 5.74) is 2.98. The van der Waals surface area contributed by atoms with E-state index in [2.05, 4.69) is 47.8 Å². The molecular formula is C18H28S2. The zero-order chi connectivity index (χ0) is 13.9. The van der Waals surface area contributed by atoms with Crippen LogP contribution in [0.15, 0.2) is 24.3 Å². The largest absolute Gasteiger partial charge is 0.157 e. The van der Waals surface area contributed by atoms with Crippen molar-refractivity contribution in [3.8, 4) is 0 Å². The summed E-state index contributed by atoms with van der Waals surface area (Å²) in [7, 11) is 0. The third-order valence-corrected chi connectivity index (χ3v) is 6.12. The molecule has 0 N–H and O–H groups in total. The van der Waals surface area contributed by atoms with Gasteiger partial charge in [0.25, 0.3) is 0 Å². The van der Waals surface area contributed by atoms with Crippen molar-refractivity contribution in [3.05, 3.63) is 35.4 Å². The maximum Gasteiger partial charge on any atom is 0.0184 e. The molecule has 0 amide bonds. The van der Waals surface area contributed by atoms with E-state index < -0.39 is 0 Å². The second kappa shape index (κ2) is 10.6. The number of hydrogen-bond acceptors (Lipinski definition) is 2. The van der Waals surface area contributed by atoms with Gasteiger partial charge in [0.05, 0.1) is 0 Å². The molecule has 3 rings (SSSR count). The van der Waals surface area contributed by atoms with Crippen molar-refractivity contribution in [1.29, 1.82) is 0 Å². The molecule has 2 bridgehead atoms. The Morgan fingerprint density at radius 3 is 1.25 bits per heavy atom. The standard InChI is InChI=1S/C18H28S2/c1-2-4-6-8-14-20-16-18-11-9-17(10-12-18)15-19-13-7-5-3-1/h9-12H,1-8,13-16H2. The molecule has 0 aliphatic carbocycles. The van der Waals surface area contributed by atoms with E-state index in [1.807, 2.05) is 0 Å². The Kier molecular flexibility index (Phi) is 8.65. The van der Waals surface area contributed by atoms with Gasteiger partial charge >= 0.3 is 0 Å². The second-order valence-electron chi connectivity index (χ2n) is 5.75. The third kappa shape index (κ3) is 7.08. The van der Waals surface area contributed by atoms with Gasteiger partial charge in [-0.2, -0.15) is 23.5 Å². The summed E-state index contributed by atoms with van der Waals surface area (Å²) in [5, 5.41) is 0. The Labute approximate surface area is 133 Å². The topological polar surface area (TPSA) is 0 Å². The number of hydrogen-bond donors (Lipinski definition) is 0. The molecular weight excluding hydrogens is 280 g/mol. The van der Waals surface area contributed by atoms with E-state index >= 15 is 0 Å². The van der Waals surface area contributed by atoms with Crippen LogP contribution in [0.5, 0.6) is 0 Å². The fourth-order valence-electron chi connectivity index (χ4n) is 2.58. The Morgan fingerprint density at radius 1 is 0.500 bits per heavy atom. The van der Waals surface area contributed by atoms with Crippen LogP contribution in [0.1, 0.15) is 62.5 Å². The van der Waals surface area contributed by atoms with Crippen LogP contribution < -0.4 is 0 Å². The Hall–Kier alpha value is -0.0800. The molecule has 2 heterocycles. The van der Waals surface area contributed by atoms with Gasteiger partial charge in [-0.3, -0.25) is 0 Å². The number of fused-ring (bicyclic) bond motifs is 15. The van der Waals surface area contributed by atoms with E-state index in [9.17, 15) is 0 Å². The highest BCUT2D eigenvalue weighted by atomic mass is 32.2. The molecule has 1 aromatic rings. The molecule has 0 radical (unpaired) electrons. The third-order valence-electron chi connectivity index (χ3n) is 3.89. The molecule has 20 heavy (non-hydrogen) atoms. The molecule has 2 heteroatoms. The molecule has 2 aliphatic heterocycles. The summed E-state index contributed by atoms with van der Waals surface area (Å²) in [6.07, 6.45) is 11.5. The van der Waals surface area contributed by atoms with E-state index in [4.69, 9.17) is 0 Å². The average molecular weight is 309 g/mol. The molecule has 0 nitrogen and oxygen atoms in total. The van der Waals surface area contributed by atoms with Crippen LogP contribution in [0, 0.1) is 0 Å². The van der Waals surface area contributed by atoms with Crippen molar-refractivity contribution >= 4 is 23.5 Å². The van der Waals surface area contributed by atoms with E-state index in [0.29, 0.717) is 0 Å². The summed E-state index contributed by atoms with van der Waals surface area (Å²) in [6, 6.07) is 9.30. The zero-order valence-electron chi connectivity index (χ0n) is 12.6. The molecule has 0 saturated heterocycles. The molecule has 112 valence electrons. The molecule has 0 unspecified atom stereocenters. The van der Waals surface area contributed by atoms with E-state index in [-0.39, 0.29) is 0 Å². The minimum Gasteiger partial charge on any atom is -0.157 e. The van der Waals surface area contributed by atoms with Crippen molar-refractivity contribution in [1.82, 2.24) is 0 Å². The lowest BCUT2D eigenvalue weighted by molar-refractivity contribution is 0.587. The number of rotatable bonds is 0. The maximum atomic E-state index is 2.33. The van der Waals surface area contributed by atoms with Gasteiger partial charge < -0.3 is 0 Å². The Morgan fingerprint density at radius 2 is 0.850 bits per heavy atom. The van der Waals surface area contributed by atoms with Crippen LogP contribution in [0.4, 0.5) is 0 Å². The molecule has 0 atom stereocenters. The zero-order valence-corrected chi connectivity index (χ0v) is 14.2. The predicted molar refractivity (Wildman–Crippen MR) is 95.7 cm³/mol. The number of thioether (sulfide) groups is 2. The molecule has 0 aromatic heterocycles. The van der Waals surface area contributed by atoms with E-state index in [1.165, 1.54) is 85.5 Å². The van der Waals surface area contributed by atoms with Gasteiger partial charge in [0.15, 0.2) is 0 Å². The highest BCUT2D eigenvalue weighted by molar-refractivity contribution is 7.98. The summed E-state index contributed by atoms with van der Waals surface area (Å²) in [5.74, 6) is 5.04. The lowest BCUT2D eigenvalue weighted by Crippen LogP contribution is -1.89. The molecule has 2 aliphatic rings. The highest BCUT2D eigenvalue weighted by Crippen LogP contribution is 2.19. The van der Waals surface area contributed by atoms with Crippen molar-refractivity contribution in [3.63, 3.8) is 0 Å². The Bertz CT molecular complexity index is 310. The molecule has 0 spiro atoms. The normalized spacial score (nSPS) is 20.2. The van der Waals surface area contributed by atoms with Gasteiger partial charge in [-0.25, -0.2) is 0 Å². The minimum atomic E-state index is 1.19. The second-order valence-corrected chi connectivity index (χ2v) is 7.96. The smallest absolute Gasteiger partial charge is 0.0184 e. The van der Waals surface area contributed by atoms with Crippen molar-refractivity contribution in [2.75, 3.05) is 11.5 Å². The average Bonchev–Trinajstić information content (AvgIpc) is 2.48. The fourth-order valence-corrected chi connectivity index (χ4v) is 4.54. The van der Waals surface area contributed by atoms with Gasteiger partial charge in [0, 0.05) is 11.5 Å². The van der Waals surface area contributed by atoms with Gasteiger partial charge in [-0.1, -0.05) is 62.8 Å². The lowest BCUT2D eigenvalue weighted by Gasteiger charge is -2.07. The van der Waals surface area contributed by atoms with Crippen LogP contribution in [0.2, 0.25) is 0 Å². The van der Waals surface area contributed by atoms with Gasteiger partial charge in [0.2, 0.25) is 0 Å². The van der Waals surface area contributed by atoms with E-state index in [1.54, 1.807) is 0 Å². The lowest BCUT2D eigenvalue weighted by atomic mass is 10.1. The SMILES string of the molecule is c1cc2ccc1CSCCCCCCCCCCSC2. The monoisotopic (exact) mass is 308 g/mol. The first-order valence-corrected chi connectivity index (χ1v) is 10.5. The van der Waals surface area contributed by atoms with Gasteiger partial charge in [0.1, 0.15) is 0 Å². The first kappa shape index (κ1) is 16.3. The Balaban J connectivity index is 1.78. The molecule has 0 fully saturated rings. The van der Waals surface area contributed by atoms with Crippen LogP contribution in [0.3, 0.4) is 0 Å². The van der Waals surface area contributed by atoms with Crippen LogP contribution >= 0.6 is 23.5 Å². The van der Waals surface area contributed by atoms with Crippen molar-refractivity contribution in [2.45, 2.75) is 62.9 Å². The predicted octanol–water partition coefficient (Wildman–Crippen LogP) is 6.29. The summed E-state index contributed by atoms with van der Waals surface area (Å²) in [4.78, 5) is 0. The summed E-state index contributed by atoms with van der Waals surface area (Å²) < 4.78 is 0. The summed E-state index contributed by atoms with van der Waals surface area (Å²) >= 11 is 4.20. The maximum absolute atomic E-state index is 2.33. The first-order chi connectivity index (χ1) is 9.95. The first-order valence-electron chi connectivity index (χ1n) is 8.18. The van der Waals surface area contributed by atoms with Gasteiger partial charge in [-0.05, 0) is 35.5 Å². The molecule has 0 saturated carbocycles. The minimum absolute atomic E-state index is 1.19. The van der Waals surface area contributed by atoms with E-state index in [0.717, 1.165) is 0 Å².